The van der Waals surface area contributed by atoms with Gasteiger partial charge in [-0.25, -0.2) is 0 Å². The molecule has 6 nitrogen and oxygen atoms in total. The van der Waals surface area contributed by atoms with Crippen LogP contribution in [-0.4, -0.2) is 40.7 Å². The van der Waals surface area contributed by atoms with Crippen LogP contribution in [0.1, 0.15) is 60.1 Å². The van der Waals surface area contributed by atoms with Crippen molar-refractivity contribution in [3.63, 3.8) is 0 Å². The molecule has 3 amide bonds. The molecular formula is C16H23N3O3S. The van der Waals surface area contributed by atoms with Gasteiger partial charge >= 0.3 is 0 Å². The number of likely N-dealkylation sites (tertiary alicyclic amines) is 1. The Kier molecular flexibility index (Phi) is 5.09. The van der Waals surface area contributed by atoms with E-state index in [2.05, 4.69) is 5.32 Å². The third-order valence-corrected chi connectivity index (χ3v) is 4.58. The summed E-state index contributed by atoms with van der Waals surface area (Å²) < 4.78 is 0. The van der Waals surface area contributed by atoms with Crippen LogP contribution in [0.5, 0.6) is 0 Å². The second kappa shape index (κ2) is 6.70. The van der Waals surface area contributed by atoms with Crippen molar-refractivity contribution in [2.24, 2.45) is 5.73 Å². The summed E-state index contributed by atoms with van der Waals surface area (Å²) in [4.78, 5) is 38.5. The fourth-order valence-corrected chi connectivity index (χ4v) is 3.47. The summed E-state index contributed by atoms with van der Waals surface area (Å²) in [6, 6.07) is 1.04. The van der Waals surface area contributed by atoms with E-state index in [1.165, 1.54) is 17.4 Å². The molecule has 1 aliphatic heterocycles. The van der Waals surface area contributed by atoms with Crippen LogP contribution in [0.2, 0.25) is 0 Å². The maximum Gasteiger partial charge on any atom is 0.264 e. The molecule has 3 N–H and O–H groups in total. The number of thiophene rings is 1. The number of primary amides is 1. The standard InChI is InChI=1S/C16H23N3O3S/c1-16(2,3)18-14(21)11-6-4-5-7-19(11)15(22)12-8-10(9-23-12)13(17)20/h8-9,11H,4-7H2,1-3H3,(H2,17,20)(H,18,21)/t11-/m1/s1. The molecule has 1 aromatic rings. The normalized spacial score (nSPS) is 18.6. The van der Waals surface area contributed by atoms with E-state index >= 15 is 0 Å². The fourth-order valence-electron chi connectivity index (χ4n) is 2.62. The van der Waals surface area contributed by atoms with Gasteiger partial charge in [-0.05, 0) is 46.1 Å². The van der Waals surface area contributed by atoms with Gasteiger partial charge in [-0.2, -0.15) is 0 Å². The molecule has 126 valence electrons. The van der Waals surface area contributed by atoms with Gasteiger partial charge in [0, 0.05) is 17.5 Å². The SMILES string of the molecule is CC(C)(C)NC(=O)[C@H]1CCCCN1C(=O)c1cc(C(N)=O)cs1. The van der Waals surface area contributed by atoms with Gasteiger partial charge in [0.25, 0.3) is 5.91 Å². The molecule has 0 spiro atoms. The van der Waals surface area contributed by atoms with Crippen molar-refractivity contribution in [1.82, 2.24) is 10.2 Å². The van der Waals surface area contributed by atoms with Crippen LogP contribution in [0.15, 0.2) is 11.4 Å². The van der Waals surface area contributed by atoms with Gasteiger partial charge in [0.2, 0.25) is 11.8 Å². The molecule has 1 aliphatic rings. The molecule has 0 unspecified atom stereocenters. The monoisotopic (exact) mass is 337 g/mol. The third-order valence-electron chi connectivity index (χ3n) is 3.66. The first kappa shape index (κ1) is 17.5. The van der Waals surface area contributed by atoms with E-state index in [9.17, 15) is 14.4 Å². The summed E-state index contributed by atoms with van der Waals surface area (Å²) >= 11 is 1.18. The van der Waals surface area contributed by atoms with E-state index in [4.69, 9.17) is 5.73 Å². The Labute approximate surface area is 140 Å². The van der Waals surface area contributed by atoms with Gasteiger partial charge in [-0.3, -0.25) is 14.4 Å². The van der Waals surface area contributed by atoms with Gasteiger partial charge in [0.15, 0.2) is 0 Å². The second-order valence-corrected chi connectivity index (χ2v) is 7.72. The summed E-state index contributed by atoms with van der Waals surface area (Å²) in [5.74, 6) is -0.894. The number of nitrogens with zero attached hydrogens (tertiary/aromatic N) is 1. The summed E-state index contributed by atoms with van der Waals surface area (Å²) in [7, 11) is 0. The van der Waals surface area contributed by atoms with Crippen LogP contribution in [0, 0.1) is 0 Å². The molecule has 2 rings (SSSR count). The van der Waals surface area contributed by atoms with Gasteiger partial charge < -0.3 is 16.0 Å². The van der Waals surface area contributed by atoms with Crippen molar-refractivity contribution in [2.75, 3.05) is 6.54 Å². The minimum absolute atomic E-state index is 0.128. The van der Waals surface area contributed by atoms with Crippen LogP contribution < -0.4 is 11.1 Å². The minimum atomic E-state index is -0.555. The lowest BCUT2D eigenvalue weighted by molar-refractivity contribution is -0.128. The van der Waals surface area contributed by atoms with E-state index in [0.29, 0.717) is 23.4 Å². The molecular weight excluding hydrogens is 314 g/mol. The number of amides is 3. The molecule has 7 heteroatoms. The maximum atomic E-state index is 12.7. The highest BCUT2D eigenvalue weighted by Crippen LogP contribution is 2.23. The number of hydrogen-bond donors (Lipinski definition) is 2. The van der Waals surface area contributed by atoms with Crippen LogP contribution in [0.25, 0.3) is 0 Å². The molecule has 23 heavy (non-hydrogen) atoms. The number of nitrogens with two attached hydrogens (primary N) is 1. The lowest BCUT2D eigenvalue weighted by Gasteiger charge is -2.36. The largest absolute Gasteiger partial charge is 0.366 e. The molecule has 0 radical (unpaired) electrons. The lowest BCUT2D eigenvalue weighted by Crippen LogP contribution is -2.55. The Balaban J connectivity index is 2.18. The van der Waals surface area contributed by atoms with Gasteiger partial charge in [0.05, 0.1) is 10.4 Å². The number of rotatable bonds is 3. The Morgan fingerprint density at radius 2 is 2.00 bits per heavy atom. The zero-order chi connectivity index (χ0) is 17.2. The van der Waals surface area contributed by atoms with Crippen LogP contribution in [-0.2, 0) is 4.79 Å². The molecule has 2 heterocycles. The zero-order valence-corrected chi connectivity index (χ0v) is 14.5. The predicted molar refractivity (Wildman–Crippen MR) is 89.4 cm³/mol. The molecule has 1 aromatic heterocycles. The number of hydrogen-bond acceptors (Lipinski definition) is 4. The lowest BCUT2D eigenvalue weighted by atomic mass is 9.99. The fraction of sp³-hybridized carbons (Fsp3) is 0.562. The summed E-state index contributed by atoms with van der Waals surface area (Å²) in [6.07, 6.45) is 2.45. The van der Waals surface area contributed by atoms with E-state index in [-0.39, 0.29) is 17.4 Å². The van der Waals surface area contributed by atoms with Crippen molar-refractivity contribution < 1.29 is 14.4 Å². The first-order valence-corrected chi connectivity index (χ1v) is 8.58. The van der Waals surface area contributed by atoms with Crippen molar-refractivity contribution >= 4 is 29.1 Å². The highest BCUT2D eigenvalue weighted by Gasteiger charge is 2.34. The van der Waals surface area contributed by atoms with Gasteiger partial charge in [-0.1, -0.05) is 0 Å². The van der Waals surface area contributed by atoms with Crippen molar-refractivity contribution in [1.29, 1.82) is 0 Å². The smallest absolute Gasteiger partial charge is 0.264 e. The molecule has 1 fully saturated rings. The van der Waals surface area contributed by atoms with Crippen molar-refractivity contribution in [3.05, 3.63) is 21.9 Å². The average Bonchev–Trinajstić information content (AvgIpc) is 2.94. The van der Waals surface area contributed by atoms with E-state index in [0.717, 1.165) is 12.8 Å². The van der Waals surface area contributed by atoms with Gasteiger partial charge in [0.1, 0.15) is 6.04 Å². The zero-order valence-electron chi connectivity index (χ0n) is 13.7. The van der Waals surface area contributed by atoms with E-state index < -0.39 is 11.9 Å². The summed E-state index contributed by atoms with van der Waals surface area (Å²) in [6.45, 7) is 6.29. The molecule has 1 atom stereocenters. The number of carbonyl (C=O) groups is 3. The maximum absolute atomic E-state index is 12.7. The summed E-state index contributed by atoms with van der Waals surface area (Å²) in [5, 5.41) is 4.52. The molecule has 0 saturated carbocycles. The Bertz CT molecular complexity index is 618. The van der Waals surface area contributed by atoms with E-state index in [1.807, 2.05) is 20.8 Å². The van der Waals surface area contributed by atoms with Crippen LogP contribution in [0.3, 0.4) is 0 Å². The Morgan fingerprint density at radius 1 is 1.30 bits per heavy atom. The van der Waals surface area contributed by atoms with E-state index in [1.54, 1.807) is 10.3 Å². The minimum Gasteiger partial charge on any atom is -0.366 e. The Morgan fingerprint density at radius 3 is 2.57 bits per heavy atom. The Hall–Kier alpha value is -1.89. The first-order valence-electron chi connectivity index (χ1n) is 7.70. The molecule has 0 aliphatic carbocycles. The molecule has 0 aromatic carbocycles. The highest BCUT2D eigenvalue weighted by atomic mass is 32.1. The average molecular weight is 337 g/mol. The first-order chi connectivity index (χ1) is 10.7. The predicted octanol–water partition coefficient (Wildman–Crippen LogP) is 1.76. The third kappa shape index (κ3) is 4.31. The van der Waals surface area contributed by atoms with Gasteiger partial charge in [-0.15, -0.1) is 11.3 Å². The molecule has 0 bridgehead atoms. The quantitative estimate of drug-likeness (QED) is 0.880. The highest BCUT2D eigenvalue weighted by molar-refractivity contribution is 7.12. The van der Waals surface area contributed by atoms with Crippen molar-refractivity contribution in [3.8, 4) is 0 Å². The number of carbonyl (C=O) groups excluding carboxylic acids is 3. The molecule has 1 saturated heterocycles. The number of nitrogens with one attached hydrogen (secondary N) is 1. The second-order valence-electron chi connectivity index (χ2n) is 6.81. The van der Waals surface area contributed by atoms with Crippen LogP contribution in [0.4, 0.5) is 0 Å². The summed E-state index contributed by atoms with van der Waals surface area (Å²) in [5.41, 5.74) is 5.21. The van der Waals surface area contributed by atoms with Crippen LogP contribution >= 0.6 is 11.3 Å². The topological polar surface area (TPSA) is 92.5 Å². The van der Waals surface area contributed by atoms with Crippen molar-refractivity contribution in [2.45, 2.75) is 51.6 Å². The number of piperidine rings is 1.